The number of nitrogen functional groups attached to an aromatic ring is 1. The van der Waals surface area contributed by atoms with Gasteiger partial charge in [0.25, 0.3) is 6.43 Å². The minimum absolute atomic E-state index is 0.133. The number of hydrogen-bond donors (Lipinski definition) is 1. The maximum Gasteiger partial charge on any atom is 0.417 e. The van der Waals surface area contributed by atoms with Crippen molar-refractivity contribution >= 4 is 11.6 Å². The van der Waals surface area contributed by atoms with Gasteiger partial charge < -0.3 is 15.8 Å². The van der Waals surface area contributed by atoms with E-state index in [0.29, 0.717) is 0 Å². The number of alkyl halides is 5. The van der Waals surface area contributed by atoms with Crippen LogP contribution in [0.15, 0.2) is 6.07 Å². The van der Waals surface area contributed by atoms with Crippen LogP contribution in [0.1, 0.15) is 17.6 Å². The van der Waals surface area contributed by atoms with Gasteiger partial charge in [-0.05, 0) is 9.91 Å². The summed E-state index contributed by atoms with van der Waals surface area (Å²) < 4.78 is 62.0. The summed E-state index contributed by atoms with van der Waals surface area (Å²) in [5.74, 6) is -2.44. The lowest BCUT2D eigenvalue weighted by atomic mass is 10.1. The number of anilines is 1. The Morgan fingerprint density at radius 1 is 1.41 bits per heavy atom. The number of halogens is 5. The molecule has 0 bridgehead atoms. The van der Waals surface area contributed by atoms with E-state index in [-0.39, 0.29) is 6.07 Å². The molecule has 1 aromatic heterocycles. The summed E-state index contributed by atoms with van der Waals surface area (Å²) in [5, 5.41) is 10.3. The second-order valence-corrected chi connectivity index (χ2v) is 2.89. The fraction of sp³-hybridized carbons (Fsp3) is 0.286. The molecule has 0 aliphatic heterocycles. The normalized spacial score (nSPS) is 11.9. The standard InChI is InChI=1S/C7H4F5N3O2/c8-5(9)4-2(7(10,11)12)1-3(13)14-6(4)15(16)17/h1,5H,(H2,13,14). The minimum atomic E-state index is -5.17. The lowest BCUT2D eigenvalue weighted by molar-refractivity contribution is -0.391. The van der Waals surface area contributed by atoms with Gasteiger partial charge in [0.2, 0.25) is 5.82 Å². The van der Waals surface area contributed by atoms with Crippen LogP contribution >= 0.6 is 0 Å². The summed E-state index contributed by atoms with van der Waals surface area (Å²) in [6.07, 6.45) is -8.85. The van der Waals surface area contributed by atoms with Crippen LogP contribution in [0.3, 0.4) is 0 Å². The van der Waals surface area contributed by atoms with E-state index in [4.69, 9.17) is 5.73 Å². The Bertz CT molecular complexity index is 460. The number of nitrogens with zero attached hydrogens (tertiary/aromatic N) is 2. The summed E-state index contributed by atoms with van der Waals surface area (Å²) in [7, 11) is 0. The lowest BCUT2D eigenvalue weighted by Gasteiger charge is -2.11. The summed E-state index contributed by atoms with van der Waals surface area (Å²) in [6, 6.07) is 0.133. The maximum absolute atomic E-state index is 12.4. The predicted molar refractivity (Wildman–Crippen MR) is 45.3 cm³/mol. The molecule has 0 aliphatic carbocycles. The van der Waals surface area contributed by atoms with Crippen molar-refractivity contribution in [1.29, 1.82) is 0 Å². The first-order valence-electron chi connectivity index (χ1n) is 3.94. The lowest BCUT2D eigenvalue weighted by Crippen LogP contribution is -2.14. The van der Waals surface area contributed by atoms with Crippen molar-refractivity contribution in [2.75, 3.05) is 5.73 Å². The van der Waals surface area contributed by atoms with Gasteiger partial charge in [0.1, 0.15) is 5.56 Å². The molecule has 0 unspecified atom stereocenters. The highest BCUT2D eigenvalue weighted by Gasteiger charge is 2.41. The molecule has 0 amide bonds. The molecule has 1 aromatic rings. The molecule has 0 fully saturated rings. The van der Waals surface area contributed by atoms with Crippen LogP contribution in [-0.2, 0) is 6.18 Å². The van der Waals surface area contributed by atoms with Crippen LogP contribution in [0.4, 0.5) is 33.6 Å². The first-order valence-corrected chi connectivity index (χ1v) is 3.94. The third-order valence-corrected chi connectivity index (χ3v) is 1.75. The fourth-order valence-electron chi connectivity index (χ4n) is 1.15. The van der Waals surface area contributed by atoms with Gasteiger partial charge in [0.15, 0.2) is 0 Å². The van der Waals surface area contributed by atoms with E-state index in [9.17, 15) is 32.1 Å². The highest BCUT2D eigenvalue weighted by molar-refractivity contribution is 5.49. The third-order valence-electron chi connectivity index (χ3n) is 1.75. The average Bonchev–Trinajstić information content (AvgIpc) is 2.14. The minimum Gasteiger partial charge on any atom is -0.363 e. The molecule has 0 atom stereocenters. The van der Waals surface area contributed by atoms with Crippen LogP contribution in [0, 0.1) is 10.1 Å². The second-order valence-electron chi connectivity index (χ2n) is 2.89. The summed E-state index contributed by atoms with van der Waals surface area (Å²) >= 11 is 0. The Balaban J connectivity index is 3.64. The Kier molecular flexibility index (Phi) is 3.16. The molecular formula is C7H4F5N3O2. The van der Waals surface area contributed by atoms with E-state index >= 15 is 0 Å². The van der Waals surface area contributed by atoms with Gasteiger partial charge in [-0.2, -0.15) is 13.2 Å². The fourth-order valence-corrected chi connectivity index (χ4v) is 1.15. The zero-order valence-corrected chi connectivity index (χ0v) is 7.83. The van der Waals surface area contributed by atoms with E-state index in [2.05, 4.69) is 4.98 Å². The molecule has 0 saturated carbocycles. The Hall–Kier alpha value is -2.00. The topological polar surface area (TPSA) is 82.0 Å². The maximum atomic E-state index is 12.4. The number of hydrogen-bond acceptors (Lipinski definition) is 4. The highest BCUT2D eigenvalue weighted by atomic mass is 19.4. The molecule has 2 N–H and O–H groups in total. The number of nitro groups is 1. The average molecular weight is 257 g/mol. The Labute approximate surface area is 90.2 Å². The van der Waals surface area contributed by atoms with Crippen molar-refractivity contribution in [3.05, 3.63) is 27.3 Å². The van der Waals surface area contributed by atoms with Crippen molar-refractivity contribution in [1.82, 2.24) is 4.98 Å². The third kappa shape index (κ3) is 2.57. The smallest absolute Gasteiger partial charge is 0.363 e. The first-order chi connectivity index (χ1) is 7.64. The van der Waals surface area contributed by atoms with Crippen molar-refractivity contribution in [3.63, 3.8) is 0 Å². The molecular weight excluding hydrogens is 253 g/mol. The van der Waals surface area contributed by atoms with Gasteiger partial charge in [-0.15, -0.1) is 0 Å². The van der Waals surface area contributed by atoms with Crippen molar-refractivity contribution in [3.8, 4) is 0 Å². The van der Waals surface area contributed by atoms with Crippen molar-refractivity contribution in [2.45, 2.75) is 12.6 Å². The molecule has 0 spiro atoms. The van der Waals surface area contributed by atoms with E-state index < -0.39 is 40.3 Å². The number of aromatic nitrogens is 1. The van der Waals surface area contributed by atoms with E-state index in [1.165, 1.54) is 0 Å². The summed E-state index contributed by atoms with van der Waals surface area (Å²) in [5.41, 5.74) is 1.27. The van der Waals surface area contributed by atoms with Gasteiger partial charge in [-0.3, -0.25) is 0 Å². The van der Waals surface area contributed by atoms with Crippen LogP contribution in [0.2, 0.25) is 0 Å². The van der Waals surface area contributed by atoms with Crippen LogP contribution in [0.5, 0.6) is 0 Å². The van der Waals surface area contributed by atoms with E-state index in [1.807, 2.05) is 0 Å². The largest absolute Gasteiger partial charge is 0.417 e. The second kappa shape index (κ2) is 4.11. The Morgan fingerprint density at radius 2 is 1.94 bits per heavy atom. The number of pyridine rings is 1. The molecule has 1 heterocycles. The molecule has 0 aromatic carbocycles. The summed E-state index contributed by atoms with van der Waals surface area (Å²) in [6.45, 7) is 0. The van der Waals surface area contributed by atoms with Crippen molar-refractivity contribution < 1.29 is 26.9 Å². The molecule has 94 valence electrons. The van der Waals surface area contributed by atoms with Gasteiger partial charge in [0, 0.05) is 6.07 Å². The van der Waals surface area contributed by atoms with Crippen LogP contribution < -0.4 is 5.73 Å². The molecule has 0 radical (unpaired) electrons. The van der Waals surface area contributed by atoms with Crippen LogP contribution in [-0.4, -0.2) is 9.91 Å². The zero-order valence-electron chi connectivity index (χ0n) is 7.83. The van der Waals surface area contributed by atoms with Gasteiger partial charge in [-0.25, -0.2) is 8.78 Å². The van der Waals surface area contributed by atoms with Gasteiger partial charge in [-0.1, -0.05) is 0 Å². The van der Waals surface area contributed by atoms with E-state index in [0.717, 1.165) is 0 Å². The molecule has 1 rings (SSSR count). The van der Waals surface area contributed by atoms with Crippen LogP contribution in [0.25, 0.3) is 0 Å². The van der Waals surface area contributed by atoms with E-state index in [1.54, 1.807) is 0 Å². The molecule has 0 aliphatic rings. The van der Waals surface area contributed by atoms with Gasteiger partial charge >= 0.3 is 12.0 Å². The number of rotatable bonds is 2. The van der Waals surface area contributed by atoms with Gasteiger partial charge in [0.05, 0.1) is 5.56 Å². The summed E-state index contributed by atoms with van der Waals surface area (Å²) in [4.78, 5) is 11.8. The molecule has 17 heavy (non-hydrogen) atoms. The Morgan fingerprint density at radius 3 is 2.29 bits per heavy atom. The monoisotopic (exact) mass is 257 g/mol. The molecule has 5 nitrogen and oxygen atoms in total. The molecule has 10 heteroatoms. The zero-order chi connectivity index (χ0) is 13.4. The first kappa shape index (κ1) is 13.1. The van der Waals surface area contributed by atoms with Crippen molar-refractivity contribution in [2.24, 2.45) is 0 Å². The SMILES string of the molecule is Nc1cc(C(F)(F)F)c(C(F)F)c([N+](=O)[O-])n1. The quantitative estimate of drug-likeness (QED) is 0.501. The number of nitrogens with two attached hydrogens (primary N) is 1. The predicted octanol–water partition coefficient (Wildman–Crippen LogP) is 2.53. The highest BCUT2D eigenvalue weighted by Crippen LogP contribution is 2.40. The molecule has 0 saturated heterocycles.